The standard InChI is InChI=1S/C28H32N4O6/c1-5-8-12-20(36-4)14-15-24(33)30-26-22(28(35)38-7-3)19-21-25(32(26)17-11-18-37-6-2)29-23-13-9-10-16-31(23)27(21)34/h5,8-10,12-14,16,19H,1,6-7,11,15,17-18H2,2-4H3/b12-8-,20-14+,30-26?. The first-order chi connectivity index (χ1) is 18.4. The molecule has 0 radical (unpaired) electrons. The number of fused-ring (bicyclic) bond motifs is 2. The summed E-state index contributed by atoms with van der Waals surface area (Å²) in [5, 5.41) is 0.204. The van der Waals surface area contributed by atoms with E-state index in [-0.39, 0.29) is 35.0 Å². The van der Waals surface area contributed by atoms with Gasteiger partial charge in [0.15, 0.2) is 5.49 Å². The molecule has 0 saturated heterocycles. The third-order valence-corrected chi connectivity index (χ3v) is 5.50. The van der Waals surface area contributed by atoms with E-state index in [1.54, 1.807) is 60.2 Å². The first-order valence-electron chi connectivity index (χ1n) is 12.4. The van der Waals surface area contributed by atoms with Crippen LogP contribution in [0.15, 0.2) is 76.9 Å². The molecule has 0 aliphatic rings. The van der Waals surface area contributed by atoms with Crippen LogP contribution in [0, 0.1) is 0 Å². The molecule has 3 heterocycles. The number of hydrogen-bond donors (Lipinski definition) is 0. The van der Waals surface area contributed by atoms with Gasteiger partial charge in [0.05, 0.1) is 25.5 Å². The second kappa shape index (κ2) is 13.8. The molecular formula is C28H32N4O6. The van der Waals surface area contributed by atoms with E-state index in [9.17, 15) is 14.4 Å². The van der Waals surface area contributed by atoms with Gasteiger partial charge < -0.3 is 18.8 Å². The molecule has 3 rings (SSSR count). The molecule has 0 unspecified atom stereocenters. The van der Waals surface area contributed by atoms with Gasteiger partial charge in [0, 0.05) is 26.0 Å². The quantitative estimate of drug-likeness (QED) is 0.118. The predicted molar refractivity (Wildman–Crippen MR) is 144 cm³/mol. The zero-order valence-electron chi connectivity index (χ0n) is 21.9. The van der Waals surface area contributed by atoms with Crippen LogP contribution in [0.25, 0.3) is 16.7 Å². The lowest BCUT2D eigenvalue weighted by Crippen LogP contribution is -2.33. The van der Waals surface area contributed by atoms with Crippen LogP contribution in [-0.4, -0.2) is 52.8 Å². The monoisotopic (exact) mass is 520 g/mol. The lowest BCUT2D eigenvalue weighted by Gasteiger charge is -2.15. The molecule has 10 nitrogen and oxygen atoms in total. The molecule has 200 valence electrons. The normalized spacial score (nSPS) is 12.4. The number of aryl methyl sites for hydroxylation is 1. The van der Waals surface area contributed by atoms with Crippen molar-refractivity contribution in [1.82, 2.24) is 14.0 Å². The number of carbonyl (C=O) groups is 2. The Morgan fingerprint density at radius 1 is 1.21 bits per heavy atom. The molecule has 38 heavy (non-hydrogen) atoms. The third-order valence-electron chi connectivity index (χ3n) is 5.50. The van der Waals surface area contributed by atoms with Crippen LogP contribution in [0.3, 0.4) is 0 Å². The van der Waals surface area contributed by atoms with E-state index in [2.05, 4.69) is 16.6 Å². The Morgan fingerprint density at radius 3 is 2.74 bits per heavy atom. The van der Waals surface area contributed by atoms with Crippen LogP contribution in [0.1, 0.15) is 37.0 Å². The van der Waals surface area contributed by atoms with Crippen molar-refractivity contribution in [3.05, 3.63) is 88.5 Å². The summed E-state index contributed by atoms with van der Waals surface area (Å²) in [6.07, 6.45) is 8.57. The summed E-state index contributed by atoms with van der Waals surface area (Å²) in [5.41, 5.74) is 0.444. The van der Waals surface area contributed by atoms with Gasteiger partial charge in [-0.15, -0.1) is 0 Å². The van der Waals surface area contributed by atoms with E-state index in [0.29, 0.717) is 43.2 Å². The molecule has 10 heteroatoms. The maximum absolute atomic E-state index is 13.4. The number of methoxy groups -OCH3 is 1. The molecular weight excluding hydrogens is 488 g/mol. The summed E-state index contributed by atoms with van der Waals surface area (Å²) >= 11 is 0. The molecule has 0 aromatic carbocycles. The lowest BCUT2D eigenvalue weighted by atomic mass is 10.2. The molecule has 0 spiro atoms. The first-order valence-corrected chi connectivity index (χ1v) is 12.4. The number of rotatable bonds is 12. The summed E-state index contributed by atoms with van der Waals surface area (Å²) in [5.74, 6) is -0.755. The smallest absolute Gasteiger partial charge is 0.341 e. The molecule has 0 fully saturated rings. The minimum atomic E-state index is -0.695. The van der Waals surface area contributed by atoms with E-state index in [4.69, 9.17) is 14.2 Å². The summed E-state index contributed by atoms with van der Waals surface area (Å²) in [6.45, 7) is 8.57. The van der Waals surface area contributed by atoms with Gasteiger partial charge in [-0.1, -0.05) is 24.8 Å². The van der Waals surface area contributed by atoms with Crippen LogP contribution < -0.4 is 11.0 Å². The molecule has 3 aromatic rings. The Labute approximate surface area is 220 Å². The predicted octanol–water partition coefficient (Wildman–Crippen LogP) is 3.34. The molecule has 0 aliphatic heterocycles. The van der Waals surface area contributed by atoms with E-state index < -0.39 is 11.9 Å². The van der Waals surface area contributed by atoms with Gasteiger partial charge in [-0.25, -0.2) is 9.78 Å². The fourth-order valence-corrected chi connectivity index (χ4v) is 3.77. The van der Waals surface area contributed by atoms with Crippen LogP contribution in [-0.2, 0) is 25.5 Å². The number of pyridine rings is 2. The van der Waals surface area contributed by atoms with Crippen molar-refractivity contribution in [3.63, 3.8) is 0 Å². The highest BCUT2D eigenvalue weighted by atomic mass is 16.5. The van der Waals surface area contributed by atoms with E-state index >= 15 is 0 Å². The summed E-state index contributed by atoms with van der Waals surface area (Å²) in [7, 11) is 1.49. The topological polar surface area (TPSA) is 113 Å². The van der Waals surface area contributed by atoms with Gasteiger partial charge in [0.2, 0.25) is 0 Å². The van der Waals surface area contributed by atoms with Crippen molar-refractivity contribution in [2.24, 2.45) is 4.99 Å². The first kappa shape index (κ1) is 28.3. The van der Waals surface area contributed by atoms with Gasteiger partial charge in [-0.05, 0) is 50.6 Å². The molecule has 0 saturated carbocycles. The Morgan fingerprint density at radius 2 is 2.03 bits per heavy atom. The minimum absolute atomic E-state index is 0.00129. The maximum atomic E-state index is 13.4. The number of esters is 1. The molecule has 0 bridgehead atoms. The molecule has 0 atom stereocenters. The number of aromatic nitrogens is 3. The van der Waals surface area contributed by atoms with Gasteiger partial charge in [0.1, 0.15) is 22.6 Å². The van der Waals surface area contributed by atoms with E-state index in [0.717, 1.165) is 0 Å². The number of amides is 1. The van der Waals surface area contributed by atoms with E-state index in [1.807, 2.05) is 6.92 Å². The van der Waals surface area contributed by atoms with Crippen LogP contribution in [0.4, 0.5) is 0 Å². The van der Waals surface area contributed by atoms with E-state index in [1.165, 1.54) is 17.6 Å². The van der Waals surface area contributed by atoms with Gasteiger partial charge in [0.25, 0.3) is 11.5 Å². The summed E-state index contributed by atoms with van der Waals surface area (Å²) in [4.78, 5) is 48.4. The number of carbonyl (C=O) groups excluding carboxylic acids is 2. The minimum Gasteiger partial charge on any atom is -0.497 e. The van der Waals surface area contributed by atoms with Gasteiger partial charge in [-0.3, -0.25) is 14.0 Å². The number of hydrogen-bond acceptors (Lipinski definition) is 7. The Balaban J connectivity index is 2.29. The van der Waals surface area contributed by atoms with Crippen molar-refractivity contribution < 1.29 is 23.8 Å². The van der Waals surface area contributed by atoms with Gasteiger partial charge >= 0.3 is 5.97 Å². The highest BCUT2D eigenvalue weighted by molar-refractivity contribution is 5.93. The highest BCUT2D eigenvalue weighted by Gasteiger charge is 2.20. The van der Waals surface area contributed by atoms with Crippen molar-refractivity contribution in [3.8, 4) is 0 Å². The van der Waals surface area contributed by atoms with Crippen molar-refractivity contribution in [2.75, 3.05) is 26.9 Å². The summed E-state index contributed by atoms with van der Waals surface area (Å²) < 4.78 is 19.0. The Hall–Kier alpha value is -4.31. The van der Waals surface area contributed by atoms with Crippen LogP contribution >= 0.6 is 0 Å². The zero-order valence-corrected chi connectivity index (χ0v) is 21.9. The molecule has 0 aliphatic carbocycles. The number of nitrogens with zero attached hydrogens (tertiary/aromatic N) is 4. The lowest BCUT2D eigenvalue weighted by molar-refractivity contribution is -0.117. The van der Waals surface area contributed by atoms with Gasteiger partial charge in [-0.2, -0.15) is 4.99 Å². The fourth-order valence-electron chi connectivity index (χ4n) is 3.77. The van der Waals surface area contributed by atoms with Crippen LogP contribution in [0.5, 0.6) is 0 Å². The SMILES string of the molecule is C=C/C=C\C(=C/CC(=O)N=c1c(C(=O)OCC)cc2c(=O)n3ccccc3nc2n1CCCOCC)OC. The Bertz CT molecular complexity index is 1510. The number of allylic oxidation sites excluding steroid dienone is 3. The van der Waals surface area contributed by atoms with Crippen molar-refractivity contribution >= 4 is 28.6 Å². The molecule has 1 amide bonds. The average molecular weight is 521 g/mol. The number of ether oxygens (including phenoxy) is 3. The fraction of sp³-hybridized carbons (Fsp3) is 0.321. The Kier molecular flexibility index (Phi) is 10.3. The van der Waals surface area contributed by atoms with Crippen molar-refractivity contribution in [2.45, 2.75) is 33.2 Å². The summed E-state index contributed by atoms with van der Waals surface area (Å²) in [6, 6.07) is 6.60. The zero-order chi connectivity index (χ0) is 27.5. The van der Waals surface area contributed by atoms with Crippen LogP contribution in [0.2, 0.25) is 0 Å². The molecule has 0 N–H and O–H groups in total. The second-order valence-corrected chi connectivity index (χ2v) is 8.00. The van der Waals surface area contributed by atoms with Crippen molar-refractivity contribution in [1.29, 1.82) is 0 Å². The largest absolute Gasteiger partial charge is 0.497 e. The highest BCUT2D eigenvalue weighted by Crippen LogP contribution is 2.12. The third kappa shape index (κ3) is 6.71. The maximum Gasteiger partial charge on any atom is 0.341 e. The molecule has 3 aromatic heterocycles. The second-order valence-electron chi connectivity index (χ2n) is 8.00. The average Bonchev–Trinajstić information content (AvgIpc) is 2.92.